The predicted octanol–water partition coefficient (Wildman–Crippen LogP) is 1.99. The monoisotopic (exact) mass is 274 g/mol. The molecular weight excluding hydrogens is 256 g/mol. The number of hydrogen-bond donors (Lipinski definition) is 3. The molecule has 1 aromatic carbocycles. The molecule has 0 radical (unpaired) electrons. The van der Waals surface area contributed by atoms with E-state index in [-0.39, 0.29) is 18.1 Å². The van der Waals surface area contributed by atoms with Gasteiger partial charge in [0, 0.05) is 19.5 Å². The maximum Gasteiger partial charge on any atom is 0.335 e. The van der Waals surface area contributed by atoms with E-state index >= 15 is 0 Å². The Morgan fingerprint density at radius 3 is 2.75 bits per heavy atom. The first-order valence-electron chi connectivity index (χ1n) is 6.41. The summed E-state index contributed by atoms with van der Waals surface area (Å²) in [7, 11) is 0. The molecule has 1 aromatic rings. The Labute approximate surface area is 118 Å². The van der Waals surface area contributed by atoms with Gasteiger partial charge in [-0.2, -0.15) is 0 Å². The van der Waals surface area contributed by atoms with Gasteiger partial charge >= 0.3 is 12.0 Å². The number of unbranched alkanes of at least 4 members (excludes halogenated alkanes) is 2. The van der Waals surface area contributed by atoms with Crippen LogP contribution in [0, 0.1) is 12.3 Å². The molecule has 0 heterocycles. The molecule has 0 aliphatic carbocycles. The number of terminal acetylenes is 1. The van der Waals surface area contributed by atoms with Crippen LogP contribution in [0.3, 0.4) is 0 Å². The summed E-state index contributed by atoms with van der Waals surface area (Å²) < 4.78 is 0. The zero-order valence-electron chi connectivity index (χ0n) is 11.2. The fourth-order valence-electron chi connectivity index (χ4n) is 1.61. The molecule has 0 spiro atoms. The van der Waals surface area contributed by atoms with Crippen LogP contribution in [0.4, 0.5) is 4.79 Å². The first-order chi connectivity index (χ1) is 9.63. The van der Waals surface area contributed by atoms with Crippen molar-refractivity contribution >= 4 is 12.0 Å². The van der Waals surface area contributed by atoms with Crippen molar-refractivity contribution in [2.45, 2.75) is 25.8 Å². The van der Waals surface area contributed by atoms with E-state index in [1.807, 2.05) is 0 Å². The first kappa shape index (κ1) is 15.6. The summed E-state index contributed by atoms with van der Waals surface area (Å²) in [6, 6.07) is 6.19. The van der Waals surface area contributed by atoms with Crippen LogP contribution in [0.15, 0.2) is 24.3 Å². The summed E-state index contributed by atoms with van der Waals surface area (Å²) >= 11 is 0. The molecule has 0 aliphatic rings. The minimum atomic E-state index is -0.982. The molecule has 0 atom stereocenters. The number of amides is 2. The fraction of sp³-hybridized carbons (Fsp3) is 0.333. The molecule has 0 unspecified atom stereocenters. The molecule has 20 heavy (non-hydrogen) atoms. The Hall–Kier alpha value is -2.48. The molecule has 0 saturated carbocycles. The molecule has 1 rings (SSSR count). The predicted molar refractivity (Wildman–Crippen MR) is 76.3 cm³/mol. The van der Waals surface area contributed by atoms with Gasteiger partial charge in [0.25, 0.3) is 0 Å². The molecule has 0 fully saturated rings. The van der Waals surface area contributed by atoms with Gasteiger partial charge in [-0.1, -0.05) is 12.1 Å². The highest BCUT2D eigenvalue weighted by atomic mass is 16.4. The van der Waals surface area contributed by atoms with Crippen LogP contribution in [0.5, 0.6) is 0 Å². The van der Waals surface area contributed by atoms with Gasteiger partial charge in [-0.3, -0.25) is 0 Å². The summed E-state index contributed by atoms with van der Waals surface area (Å²) in [5.41, 5.74) is 0.950. The summed E-state index contributed by atoms with van der Waals surface area (Å²) in [4.78, 5) is 22.3. The lowest BCUT2D eigenvalue weighted by molar-refractivity contribution is 0.0696. The van der Waals surface area contributed by atoms with Gasteiger partial charge in [0.05, 0.1) is 5.56 Å². The Bertz CT molecular complexity index is 506. The fourth-order valence-corrected chi connectivity index (χ4v) is 1.61. The van der Waals surface area contributed by atoms with Crippen LogP contribution in [0.1, 0.15) is 35.2 Å². The van der Waals surface area contributed by atoms with Crippen LogP contribution < -0.4 is 10.6 Å². The van der Waals surface area contributed by atoms with Gasteiger partial charge in [-0.05, 0) is 30.5 Å². The molecule has 0 aromatic heterocycles. The molecular formula is C15H18N2O3. The number of carbonyl (C=O) groups excluding carboxylic acids is 1. The largest absolute Gasteiger partial charge is 0.478 e. The van der Waals surface area contributed by atoms with Gasteiger partial charge in [-0.15, -0.1) is 12.3 Å². The lowest BCUT2D eigenvalue weighted by Gasteiger charge is -2.07. The first-order valence-corrected chi connectivity index (χ1v) is 6.41. The third-order valence-corrected chi connectivity index (χ3v) is 2.66. The van der Waals surface area contributed by atoms with Crippen molar-refractivity contribution in [2.24, 2.45) is 0 Å². The number of urea groups is 1. The van der Waals surface area contributed by atoms with Crippen LogP contribution in [0.25, 0.3) is 0 Å². The van der Waals surface area contributed by atoms with Crippen molar-refractivity contribution in [1.29, 1.82) is 0 Å². The standard InChI is InChI=1S/C15H18N2O3/c1-2-3-4-5-9-16-15(20)17-11-12-7-6-8-13(10-12)14(18)19/h1,6-8,10H,3-5,9,11H2,(H,18,19)(H2,16,17,20). The van der Waals surface area contributed by atoms with E-state index in [1.165, 1.54) is 12.1 Å². The lowest BCUT2D eigenvalue weighted by Crippen LogP contribution is -2.35. The average molecular weight is 274 g/mol. The number of benzene rings is 1. The lowest BCUT2D eigenvalue weighted by atomic mass is 10.1. The second kappa shape index (κ2) is 8.59. The quantitative estimate of drug-likeness (QED) is 0.525. The van der Waals surface area contributed by atoms with E-state index in [0.717, 1.165) is 18.4 Å². The van der Waals surface area contributed by atoms with Crippen LogP contribution in [0.2, 0.25) is 0 Å². The zero-order chi connectivity index (χ0) is 14.8. The summed E-state index contributed by atoms with van der Waals surface area (Å²) in [5.74, 6) is 1.56. The smallest absolute Gasteiger partial charge is 0.335 e. The highest BCUT2D eigenvalue weighted by Crippen LogP contribution is 2.04. The van der Waals surface area contributed by atoms with E-state index in [0.29, 0.717) is 13.0 Å². The van der Waals surface area contributed by atoms with Crippen LogP contribution >= 0.6 is 0 Å². The molecule has 106 valence electrons. The highest BCUT2D eigenvalue weighted by molar-refractivity contribution is 5.87. The average Bonchev–Trinajstić information content (AvgIpc) is 2.45. The number of hydrogen-bond acceptors (Lipinski definition) is 2. The number of nitrogens with one attached hydrogen (secondary N) is 2. The van der Waals surface area contributed by atoms with E-state index in [1.54, 1.807) is 12.1 Å². The van der Waals surface area contributed by atoms with Gasteiger partial charge in [-0.25, -0.2) is 9.59 Å². The van der Waals surface area contributed by atoms with E-state index in [9.17, 15) is 9.59 Å². The third-order valence-electron chi connectivity index (χ3n) is 2.66. The van der Waals surface area contributed by atoms with Crippen molar-refractivity contribution in [3.63, 3.8) is 0 Å². The van der Waals surface area contributed by atoms with Crippen molar-refractivity contribution in [3.8, 4) is 12.3 Å². The van der Waals surface area contributed by atoms with Crippen molar-refractivity contribution in [3.05, 3.63) is 35.4 Å². The molecule has 0 bridgehead atoms. The van der Waals surface area contributed by atoms with Gasteiger partial charge in [0.2, 0.25) is 0 Å². The van der Waals surface area contributed by atoms with Crippen molar-refractivity contribution in [1.82, 2.24) is 10.6 Å². The van der Waals surface area contributed by atoms with E-state index in [4.69, 9.17) is 11.5 Å². The van der Waals surface area contributed by atoms with Gasteiger partial charge in [0.1, 0.15) is 0 Å². The molecule has 5 heteroatoms. The number of carbonyl (C=O) groups is 2. The number of aromatic carboxylic acids is 1. The zero-order valence-corrected chi connectivity index (χ0v) is 11.2. The van der Waals surface area contributed by atoms with E-state index < -0.39 is 5.97 Å². The topological polar surface area (TPSA) is 78.4 Å². The summed E-state index contributed by atoms with van der Waals surface area (Å²) in [6.45, 7) is 0.861. The maximum absolute atomic E-state index is 11.5. The number of carboxylic acid groups (broad SMARTS) is 1. The minimum Gasteiger partial charge on any atom is -0.478 e. The molecule has 0 saturated heterocycles. The Balaban J connectivity index is 2.29. The Kier molecular flexibility index (Phi) is 6.69. The maximum atomic E-state index is 11.5. The van der Waals surface area contributed by atoms with Crippen LogP contribution in [-0.4, -0.2) is 23.7 Å². The van der Waals surface area contributed by atoms with Crippen LogP contribution in [-0.2, 0) is 6.54 Å². The number of rotatable bonds is 7. The molecule has 0 aliphatic heterocycles. The SMILES string of the molecule is C#CCCCCNC(=O)NCc1cccc(C(=O)O)c1. The molecule has 2 amide bonds. The normalized spacial score (nSPS) is 9.55. The Morgan fingerprint density at radius 2 is 2.05 bits per heavy atom. The molecule has 5 nitrogen and oxygen atoms in total. The highest BCUT2D eigenvalue weighted by Gasteiger charge is 2.04. The van der Waals surface area contributed by atoms with Crippen molar-refractivity contribution in [2.75, 3.05) is 6.54 Å². The summed E-state index contributed by atoms with van der Waals surface area (Å²) in [5, 5.41) is 14.2. The second-order valence-corrected chi connectivity index (χ2v) is 4.28. The van der Waals surface area contributed by atoms with Crippen molar-refractivity contribution < 1.29 is 14.7 Å². The van der Waals surface area contributed by atoms with E-state index in [2.05, 4.69) is 16.6 Å². The third kappa shape index (κ3) is 5.91. The summed E-state index contributed by atoms with van der Waals surface area (Å²) in [6.07, 6.45) is 7.56. The van der Waals surface area contributed by atoms with Gasteiger partial charge in [0.15, 0.2) is 0 Å². The number of carboxylic acids is 1. The Morgan fingerprint density at radius 1 is 1.25 bits per heavy atom. The second-order valence-electron chi connectivity index (χ2n) is 4.28. The van der Waals surface area contributed by atoms with Gasteiger partial charge < -0.3 is 15.7 Å². The minimum absolute atomic E-state index is 0.207. The molecule has 3 N–H and O–H groups in total.